The fourth-order valence-corrected chi connectivity index (χ4v) is 2.38. The molecule has 1 aliphatic heterocycles. The average Bonchev–Trinajstić information content (AvgIpc) is 2.66. The first kappa shape index (κ1) is 14.3. The van der Waals surface area contributed by atoms with Crippen LogP contribution in [0.2, 0.25) is 0 Å². The molecule has 0 aliphatic carbocycles. The third-order valence-corrected chi connectivity index (χ3v) is 4.35. The molecule has 110 valence electrons. The minimum atomic E-state index is -0.458. The quantitative estimate of drug-likeness (QED) is 0.790. The number of fused-ring (bicyclic) bond motifs is 1. The van der Waals surface area contributed by atoms with Gasteiger partial charge in [-0.1, -0.05) is 6.07 Å². The topological polar surface area (TPSA) is 53.5 Å². The lowest BCUT2D eigenvalue weighted by Crippen LogP contribution is -2.41. The second-order valence-corrected chi connectivity index (χ2v) is 6.20. The van der Waals surface area contributed by atoms with E-state index in [2.05, 4.69) is 9.97 Å². The molecule has 1 saturated heterocycles. The van der Waals surface area contributed by atoms with Crippen molar-refractivity contribution in [2.75, 3.05) is 7.11 Å². The van der Waals surface area contributed by atoms with E-state index in [1.54, 1.807) is 19.5 Å². The van der Waals surface area contributed by atoms with E-state index in [0.29, 0.717) is 11.3 Å². The minimum Gasteiger partial charge on any atom is -0.494 e. The van der Waals surface area contributed by atoms with Crippen molar-refractivity contribution in [2.45, 2.75) is 38.9 Å². The molecule has 0 atom stereocenters. The maximum absolute atomic E-state index is 6.10. The number of nitrogens with zero attached hydrogens (tertiary/aromatic N) is 2. The maximum Gasteiger partial charge on any atom is 0.497 e. The summed E-state index contributed by atoms with van der Waals surface area (Å²) < 4.78 is 17.5. The Morgan fingerprint density at radius 2 is 1.52 bits per heavy atom. The monoisotopic (exact) mass is 286 g/mol. The highest BCUT2D eigenvalue weighted by molar-refractivity contribution is 6.65. The van der Waals surface area contributed by atoms with Gasteiger partial charge in [0.05, 0.1) is 23.8 Å². The normalized spacial score (nSPS) is 20.0. The molecule has 1 aromatic carbocycles. The predicted molar refractivity (Wildman–Crippen MR) is 81.8 cm³/mol. The second kappa shape index (κ2) is 4.68. The smallest absolute Gasteiger partial charge is 0.494 e. The van der Waals surface area contributed by atoms with Gasteiger partial charge in [-0.15, -0.1) is 0 Å². The second-order valence-electron chi connectivity index (χ2n) is 6.20. The molecule has 2 heterocycles. The molecule has 21 heavy (non-hydrogen) atoms. The summed E-state index contributed by atoms with van der Waals surface area (Å²) in [5.74, 6) is 0.693. The zero-order valence-corrected chi connectivity index (χ0v) is 13.0. The van der Waals surface area contributed by atoms with Crippen LogP contribution in [0.15, 0.2) is 24.5 Å². The third kappa shape index (κ3) is 2.19. The van der Waals surface area contributed by atoms with Gasteiger partial charge < -0.3 is 14.0 Å². The first-order valence-electron chi connectivity index (χ1n) is 6.99. The van der Waals surface area contributed by atoms with E-state index in [-0.39, 0.29) is 11.2 Å². The van der Waals surface area contributed by atoms with Crippen LogP contribution < -0.4 is 10.2 Å². The van der Waals surface area contributed by atoms with Crippen molar-refractivity contribution in [3.63, 3.8) is 0 Å². The molecule has 6 heteroatoms. The molecular formula is C15H19BN2O3. The molecule has 2 aromatic rings. The van der Waals surface area contributed by atoms with Gasteiger partial charge in [0.1, 0.15) is 11.3 Å². The van der Waals surface area contributed by atoms with E-state index in [1.165, 1.54) is 0 Å². The lowest BCUT2D eigenvalue weighted by molar-refractivity contribution is 0.00578. The Kier molecular flexibility index (Phi) is 3.18. The van der Waals surface area contributed by atoms with Crippen LogP contribution in [0.3, 0.4) is 0 Å². The fourth-order valence-electron chi connectivity index (χ4n) is 2.38. The zero-order valence-electron chi connectivity index (χ0n) is 13.0. The Morgan fingerprint density at radius 3 is 2.10 bits per heavy atom. The SMILES string of the molecule is COc1ccc(B2OC(C)(C)C(C)(C)O2)c2nccnc12. The van der Waals surface area contributed by atoms with Crippen LogP contribution in [0.1, 0.15) is 27.7 Å². The zero-order chi connectivity index (χ0) is 15.3. The van der Waals surface area contributed by atoms with Gasteiger partial charge in [0.2, 0.25) is 0 Å². The van der Waals surface area contributed by atoms with E-state index in [1.807, 2.05) is 39.8 Å². The number of benzene rings is 1. The summed E-state index contributed by atoms with van der Waals surface area (Å²) in [4.78, 5) is 8.79. The summed E-state index contributed by atoms with van der Waals surface area (Å²) in [5, 5.41) is 0. The number of ether oxygens (including phenoxy) is 1. The Morgan fingerprint density at radius 1 is 0.952 bits per heavy atom. The molecule has 1 aliphatic rings. The highest BCUT2D eigenvalue weighted by atomic mass is 16.7. The van der Waals surface area contributed by atoms with Crippen LogP contribution in [0.4, 0.5) is 0 Å². The van der Waals surface area contributed by atoms with Gasteiger partial charge >= 0.3 is 7.12 Å². The van der Waals surface area contributed by atoms with Crippen LogP contribution in [-0.2, 0) is 9.31 Å². The molecule has 5 nitrogen and oxygen atoms in total. The van der Waals surface area contributed by atoms with Crippen molar-refractivity contribution < 1.29 is 14.0 Å². The van der Waals surface area contributed by atoms with E-state index in [4.69, 9.17) is 14.0 Å². The summed E-state index contributed by atoms with van der Waals surface area (Å²) in [6.45, 7) is 8.13. The number of methoxy groups -OCH3 is 1. The third-order valence-electron chi connectivity index (χ3n) is 4.35. The van der Waals surface area contributed by atoms with Crippen molar-refractivity contribution in [2.24, 2.45) is 0 Å². The number of aromatic nitrogens is 2. The first-order valence-corrected chi connectivity index (χ1v) is 6.99. The van der Waals surface area contributed by atoms with Crippen molar-refractivity contribution in [3.05, 3.63) is 24.5 Å². The van der Waals surface area contributed by atoms with Gasteiger partial charge in [-0.25, -0.2) is 4.98 Å². The largest absolute Gasteiger partial charge is 0.497 e. The summed E-state index contributed by atoms with van der Waals surface area (Å²) in [6.07, 6.45) is 3.31. The maximum atomic E-state index is 6.10. The molecule has 0 saturated carbocycles. The Balaban J connectivity index is 2.11. The Bertz CT molecular complexity index is 672. The Hall–Kier alpha value is -1.66. The van der Waals surface area contributed by atoms with E-state index in [0.717, 1.165) is 11.0 Å². The Labute approximate surface area is 124 Å². The lowest BCUT2D eigenvalue weighted by atomic mass is 9.78. The van der Waals surface area contributed by atoms with Crippen LogP contribution >= 0.6 is 0 Å². The fraction of sp³-hybridized carbons (Fsp3) is 0.467. The number of rotatable bonds is 2. The number of hydrogen-bond acceptors (Lipinski definition) is 5. The minimum absolute atomic E-state index is 0.383. The van der Waals surface area contributed by atoms with Crippen molar-refractivity contribution in [3.8, 4) is 5.75 Å². The molecule has 0 bridgehead atoms. The molecule has 0 radical (unpaired) electrons. The van der Waals surface area contributed by atoms with Crippen LogP contribution in [-0.4, -0.2) is 35.4 Å². The van der Waals surface area contributed by atoms with Crippen LogP contribution in [0.25, 0.3) is 11.0 Å². The highest BCUT2D eigenvalue weighted by Crippen LogP contribution is 2.37. The molecular weight excluding hydrogens is 267 g/mol. The molecule has 3 rings (SSSR count). The molecule has 1 fully saturated rings. The summed E-state index contributed by atoms with van der Waals surface area (Å²) in [6, 6.07) is 3.80. The summed E-state index contributed by atoms with van der Waals surface area (Å²) in [7, 11) is 1.16. The standard InChI is InChI=1S/C15H19BN2O3/c1-14(2)15(3,4)21-16(20-14)10-6-7-11(19-5)13-12(10)17-8-9-18-13/h6-9H,1-5H3. The van der Waals surface area contributed by atoms with E-state index >= 15 is 0 Å². The average molecular weight is 286 g/mol. The summed E-state index contributed by atoms with van der Waals surface area (Å²) in [5.41, 5.74) is 1.57. The first-order chi connectivity index (χ1) is 9.86. The van der Waals surface area contributed by atoms with Crippen molar-refractivity contribution >= 4 is 23.6 Å². The number of hydrogen-bond donors (Lipinski definition) is 0. The van der Waals surface area contributed by atoms with Gasteiger partial charge in [-0.3, -0.25) is 4.98 Å². The van der Waals surface area contributed by atoms with Gasteiger partial charge in [-0.05, 0) is 33.8 Å². The molecule has 1 aromatic heterocycles. The predicted octanol–water partition coefficient (Wildman–Crippen LogP) is 1.94. The summed E-state index contributed by atoms with van der Waals surface area (Å²) >= 11 is 0. The van der Waals surface area contributed by atoms with Crippen LogP contribution in [0.5, 0.6) is 5.75 Å². The van der Waals surface area contributed by atoms with Crippen LogP contribution in [0, 0.1) is 0 Å². The highest BCUT2D eigenvalue weighted by Gasteiger charge is 2.52. The molecule has 0 amide bonds. The molecule has 0 N–H and O–H groups in total. The van der Waals surface area contributed by atoms with Gasteiger partial charge in [-0.2, -0.15) is 0 Å². The van der Waals surface area contributed by atoms with Gasteiger partial charge in [0.15, 0.2) is 0 Å². The lowest BCUT2D eigenvalue weighted by Gasteiger charge is -2.32. The van der Waals surface area contributed by atoms with E-state index in [9.17, 15) is 0 Å². The van der Waals surface area contributed by atoms with E-state index < -0.39 is 7.12 Å². The van der Waals surface area contributed by atoms with Gasteiger partial charge in [0, 0.05) is 17.9 Å². The van der Waals surface area contributed by atoms with Crippen molar-refractivity contribution in [1.29, 1.82) is 0 Å². The molecule has 0 spiro atoms. The van der Waals surface area contributed by atoms with Gasteiger partial charge in [0.25, 0.3) is 0 Å². The van der Waals surface area contributed by atoms with Crippen molar-refractivity contribution in [1.82, 2.24) is 9.97 Å². The molecule has 0 unspecified atom stereocenters.